The summed E-state index contributed by atoms with van der Waals surface area (Å²) in [5.41, 5.74) is 0.417. The quantitative estimate of drug-likeness (QED) is 0.638. The first kappa shape index (κ1) is 21.4. The van der Waals surface area contributed by atoms with Crippen LogP contribution >= 0.6 is 0 Å². The van der Waals surface area contributed by atoms with Crippen molar-refractivity contribution in [2.75, 3.05) is 13.9 Å². The number of hydrogen-bond donors (Lipinski definition) is 2. The highest BCUT2D eigenvalue weighted by Gasteiger charge is 2.33. The van der Waals surface area contributed by atoms with Crippen molar-refractivity contribution in [2.24, 2.45) is 14.1 Å². The summed E-state index contributed by atoms with van der Waals surface area (Å²) in [6.07, 6.45) is 0. The summed E-state index contributed by atoms with van der Waals surface area (Å²) in [6.45, 7) is 3.37. The van der Waals surface area contributed by atoms with Gasteiger partial charge in [-0.3, -0.25) is 9.59 Å². The monoisotopic (exact) mass is 440 g/mol. The van der Waals surface area contributed by atoms with E-state index in [1.54, 1.807) is 40.1 Å². The molecule has 0 spiro atoms. The molecule has 9 nitrogen and oxygen atoms in total. The number of aryl methyl sites for hydroxylation is 2. The molecule has 0 atom stereocenters. The van der Waals surface area contributed by atoms with Crippen LogP contribution in [0.15, 0.2) is 33.9 Å². The van der Waals surface area contributed by atoms with Crippen molar-refractivity contribution >= 4 is 0 Å². The van der Waals surface area contributed by atoms with Gasteiger partial charge in [0.15, 0.2) is 11.5 Å². The maximum atomic E-state index is 13.3. The average molecular weight is 440 g/mol. The number of methoxy groups -OCH3 is 1. The zero-order valence-electron chi connectivity index (χ0n) is 18.4. The minimum Gasteiger partial charge on any atom is -0.507 e. The van der Waals surface area contributed by atoms with Gasteiger partial charge in [0.25, 0.3) is 11.1 Å². The molecule has 3 heterocycles. The molecule has 3 aromatic rings. The van der Waals surface area contributed by atoms with Gasteiger partial charge >= 0.3 is 0 Å². The van der Waals surface area contributed by atoms with Crippen LogP contribution in [-0.4, -0.2) is 33.2 Å². The van der Waals surface area contributed by atoms with Crippen molar-refractivity contribution in [3.63, 3.8) is 0 Å². The molecule has 1 aromatic carbocycles. The van der Waals surface area contributed by atoms with Crippen molar-refractivity contribution in [3.05, 3.63) is 73.1 Å². The summed E-state index contributed by atoms with van der Waals surface area (Å²) in [7, 11) is 4.61. The summed E-state index contributed by atoms with van der Waals surface area (Å²) in [4.78, 5) is 26.6. The van der Waals surface area contributed by atoms with Crippen molar-refractivity contribution in [2.45, 2.75) is 19.8 Å². The number of ether oxygens (including phenoxy) is 3. The Bertz CT molecular complexity index is 1280. The lowest BCUT2D eigenvalue weighted by Crippen LogP contribution is -2.30. The van der Waals surface area contributed by atoms with E-state index < -0.39 is 17.0 Å². The van der Waals surface area contributed by atoms with Crippen LogP contribution in [0.2, 0.25) is 0 Å². The van der Waals surface area contributed by atoms with E-state index in [0.29, 0.717) is 34.2 Å². The lowest BCUT2D eigenvalue weighted by molar-refractivity contribution is 0.171. The first-order valence-corrected chi connectivity index (χ1v) is 9.92. The minimum absolute atomic E-state index is 0.00505. The molecule has 1 aliphatic rings. The second-order valence-electron chi connectivity index (χ2n) is 7.79. The summed E-state index contributed by atoms with van der Waals surface area (Å²) in [6, 6.07) is 6.12. The standard InChI is InChI=1S/C23H24N2O7/c1-11-6-14(26)19(22(28)24(11)3)18(20-15(27)7-12(2)25(4)23(20)29)13-8-16(30-5)21-17(9-13)31-10-32-21/h6-9,18,26-27H,10H2,1-5H3. The SMILES string of the molecule is COc1cc(C(c2c(O)cc(C)n(C)c2=O)c2c(O)cc(C)n(C)c2=O)cc2c1OCO2. The van der Waals surface area contributed by atoms with Crippen LogP contribution < -0.4 is 25.3 Å². The third-order valence-electron chi connectivity index (χ3n) is 5.96. The van der Waals surface area contributed by atoms with Crippen LogP contribution in [0.1, 0.15) is 34.0 Å². The number of hydrogen-bond acceptors (Lipinski definition) is 7. The van der Waals surface area contributed by atoms with Crippen LogP contribution in [-0.2, 0) is 14.1 Å². The van der Waals surface area contributed by atoms with E-state index in [1.165, 1.54) is 28.4 Å². The number of benzene rings is 1. The predicted octanol–water partition coefficient (Wildman–Crippen LogP) is 2.03. The third kappa shape index (κ3) is 3.17. The Morgan fingerprint density at radius 2 is 1.44 bits per heavy atom. The molecular formula is C23H24N2O7. The van der Waals surface area contributed by atoms with Crippen molar-refractivity contribution in [3.8, 4) is 28.7 Å². The van der Waals surface area contributed by atoms with Crippen LogP contribution in [0, 0.1) is 13.8 Å². The molecule has 0 saturated carbocycles. The molecule has 32 heavy (non-hydrogen) atoms. The van der Waals surface area contributed by atoms with Crippen LogP contribution in [0.4, 0.5) is 0 Å². The van der Waals surface area contributed by atoms with Gasteiger partial charge in [0.2, 0.25) is 12.5 Å². The second-order valence-corrected chi connectivity index (χ2v) is 7.79. The van der Waals surface area contributed by atoms with E-state index in [1.807, 2.05) is 0 Å². The summed E-state index contributed by atoms with van der Waals surface area (Å²) < 4.78 is 19.2. The number of rotatable bonds is 4. The Balaban J connectivity index is 2.13. The highest BCUT2D eigenvalue weighted by Crippen LogP contribution is 2.46. The molecule has 4 rings (SSSR count). The van der Waals surface area contributed by atoms with E-state index in [2.05, 4.69) is 0 Å². The van der Waals surface area contributed by atoms with Crippen molar-refractivity contribution in [1.82, 2.24) is 9.13 Å². The van der Waals surface area contributed by atoms with Gasteiger partial charge in [-0.05, 0) is 43.7 Å². The molecule has 0 fully saturated rings. The van der Waals surface area contributed by atoms with Gasteiger partial charge in [0.05, 0.1) is 24.2 Å². The normalized spacial score (nSPS) is 12.4. The molecule has 168 valence electrons. The first-order valence-electron chi connectivity index (χ1n) is 9.92. The second kappa shape index (κ2) is 7.67. The van der Waals surface area contributed by atoms with Gasteiger partial charge < -0.3 is 33.6 Å². The molecule has 0 saturated heterocycles. The summed E-state index contributed by atoms with van der Waals surface area (Å²) in [5, 5.41) is 21.6. The van der Waals surface area contributed by atoms with E-state index in [9.17, 15) is 19.8 Å². The molecule has 2 N–H and O–H groups in total. The van der Waals surface area contributed by atoms with Crippen molar-refractivity contribution in [1.29, 1.82) is 0 Å². The van der Waals surface area contributed by atoms with E-state index in [4.69, 9.17) is 14.2 Å². The van der Waals surface area contributed by atoms with Gasteiger partial charge in [-0.25, -0.2) is 0 Å². The Kier molecular flexibility index (Phi) is 5.12. The Hall–Kier alpha value is -3.88. The number of fused-ring (bicyclic) bond motifs is 1. The van der Waals surface area contributed by atoms with Gasteiger partial charge in [-0.15, -0.1) is 0 Å². The first-order chi connectivity index (χ1) is 15.1. The zero-order valence-corrected chi connectivity index (χ0v) is 18.4. The Labute approximate surface area is 183 Å². The topological polar surface area (TPSA) is 112 Å². The molecule has 0 radical (unpaired) electrons. The van der Waals surface area contributed by atoms with E-state index in [0.717, 1.165) is 0 Å². The molecule has 9 heteroatoms. The van der Waals surface area contributed by atoms with Gasteiger partial charge in [0, 0.05) is 25.5 Å². The molecule has 2 aromatic heterocycles. The Morgan fingerprint density at radius 1 is 0.906 bits per heavy atom. The number of aromatic hydroxyl groups is 2. The smallest absolute Gasteiger partial charge is 0.258 e. The highest BCUT2D eigenvalue weighted by atomic mass is 16.7. The fourth-order valence-corrected chi connectivity index (χ4v) is 3.98. The lowest BCUT2D eigenvalue weighted by atomic mass is 9.84. The van der Waals surface area contributed by atoms with Crippen LogP contribution in [0.25, 0.3) is 0 Å². The molecule has 0 aliphatic carbocycles. The minimum atomic E-state index is -1.10. The Morgan fingerprint density at radius 3 is 1.94 bits per heavy atom. The van der Waals surface area contributed by atoms with E-state index >= 15 is 0 Å². The molecule has 0 unspecified atom stereocenters. The number of aromatic nitrogens is 2. The van der Waals surface area contributed by atoms with Gasteiger partial charge in [0.1, 0.15) is 11.5 Å². The van der Waals surface area contributed by atoms with Gasteiger partial charge in [-0.1, -0.05) is 0 Å². The summed E-state index contributed by atoms with van der Waals surface area (Å²) >= 11 is 0. The maximum absolute atomic E-state index is 13.3. The molecular weight excluding hydrogens is 416 g/mol. The predicted molar refractivity (Wildman–Crippen MR) is 116 cm³/mol. The number of nitrogens with zero attached hydrogens (tertiary/aromatic N) is 2. The van der Waals surface area contributed by atoms with Crippen molar-refractivity contribution < 1.29 is 24.4 Å². The average Bonchev–Trinajstić information content (AvgIpc) is 3.23. The molecule has 0 bridgehead atoms. The van der Waals surface area contributed by atoms with Crippen LogP contribution in [0.3, 0.4) is 0 Å². The largest absolute Gasteiger partial charge is 0.507 e. The van der Waals surface area contributed by atoms with E-state index in [-0.39, 0.29) is 29.4 Å². The van der Waals surface area contributed by atoms with Crippen LogP contribution in [0.5, 0.6) is 28.7 Å². The summed E-state index contributed by atoms with van der Waals surface area (Å²) in [5.74, 6) is -0.555. The fourth-order valence-electron chi connectivity index (χ4n) is 3.98. The zero-order chi connectivity index (χ0) is 23.3. The fraction of sp³-hybridized carbons (Fsp3) is 0.304. The molecule has 0 amide bonds. The van der Waals surface area contributed by atoms with Gasteiger partial charge in [-0.2, -0.15) is 0 Å². The number of pyridine rings is 2. The lowest BCUT2D eigenvalue weighted by Gasteiger charge is -2.22. The maximum Gasteiger partial charge on any atom is 0.258 e. The molecule has 1 aliphatic heterocycles. The highest BCUT2D eigenvalue weighted by molar-refractivity contribution is 5.60. The third-order valence-corrected chi connectivity index (χ3v) is 5.96.